The molecule has 0 spiro atoms. The summed E-state index contributed by atoms with van der Waals surface area (Å²) in [6, 6.07) is 7.76. The van der Waals surface area contributed by atoms with E-state index in [1.165, 1.54) is 12.1 Å². The zero-order chi connectivity index (χ0) is 14.8. The minimum atomic E-state index is -0.529. The van der Waals surface area contributed by atoms with Gasteiger partial charge in [-0.2, -0.15) is 5.26 Å². The SMILES string of the molecule is N#Cc1ccc(-c2ncc(-n3ccnc3)cc2Cl)c(F)c1. The summed E-state index contributed by atoms with van der Waals surface area (Å²) in [5.74, 6) is -0.529. The molecule has 3 aromatic rings. The Morgan fingerprint density at radius 3 is 2.76 bits per heavy atom. The van der Waals surface area contributed by atoms with Gasteiger partial charge in [-0.15, -0.1) is 0 Å². The Kier molecular flexibility index (Phi) is 3.38. The van der Waals surface area contributed by atoms with Crippen LogP contribution in [0.25, 0.3) is 16.9 Å². The predicted octanol–water partition coefficient (Wildman–Crippen LogP) is 3.60. The van der Waals surface area contributed by atoms with E-state index in [-0.39, 0.29) is 11.1 Å². The van der Waals surface area contributed by atoms with Crippen molar-refractivity contribution < 1.29 is 4.39 Å². The van der Waals surface area contributed by atoms with Crippen molar-refractivity contribution in [2.45, 2.75) is 0 Å². The van der Waals surface area contributed by atoms with Crippen LogP contribution in [-0.4, -0.2) is 14.5 Å². The molecule has 3 rings (SSSR count). The van der Waals surface area contributed by atoms with Gasteiger partial charge in [-0.3, -0.25) is 4.98 Å². The molecule has 102 valence electrons. The van der Waals surface area contributed by atoms with E-state index in [2.05, 4.69) is 9.97 Å². The number of nitriles is 1. The summed E-state index contributed by atoms with van der Waals surface area (Å²) in [6.45, 7) is 0. The molecule has 0 bridgehead atoms. The third-order valence-corrected chi connectivity index (χ3v) is 3.27. The van der Waals surface area contributed by atoms with E-state index in [0.717, 1.165) is 11.8 Å². The lowest BCUT2D eigenvalue weighted by Gasteiger charge is -2.08. The summed E-state index contributed by atoms with van der Waals surface area (Å²) in [6.07, 6.45) is 6.60. The van der Waals surface area contributed by atoms with Crippen LogP contribution in [0.5, 0.6) is 0 Å². The van der Waals surface area contributed by atoms with Gasteiger partial charge < -0.3 is 4.57 Å². The van der Waals surface area contributed by atoms with E-state index < -0.39 is 5.82 Å². The zero-order valence-electron chi connectivity index (χ0n) is 10.7. The molecule has 0 aliphatic heterocycles. The Labute approximate surface area is 125 Å². The van der Waals surface area contributed by atoms with Crippen LogP contribution in [0.2, 0.25) is 5.02 Å². The fraction of sp³-hybridized carbons (Fsp3) is 0. The molecule has 6 heteroatoms. The first-order valence-corrected chi connectivity index (χ1v) is 6.41. The van der Waals surface area contributed by atoms with Crippen LogP contribution in [0.15, 0.2) is 49.2 Å². The number of nitrogens with zero attached hydrogens (tertiary/aromatic N) is 4. The molecule has 21 heavy (non-hydrogen) atoms. The summed E-state index contributed by atoms with van der Waals surface area (Å²) in [7, 11) is 0. The number of benzene rings is 1. The van der Waals surface area contributed by atoms with Crippen LogP contribution >= 0.6 is 11.6 Å². The van der Waals surface area contributed by atoms with E-state index in [1.807, 2.05) is 6.07 Å². The second-order valence-electron chi connectivity index (χ2n) is 4.30. The van der Waals surface area contributed by atoms with Crippen molar-refractivity contribution in [3.63, 3.8) is 0 Å². The summed E-state index contributed by atoms with van der Waals surface area (Å²) < 4.78 is 15.8. The molecule has 0 fully saturated rings. The Hall–Kier alpha value is -2.71. The lowest BCUT2D eigenvalue weighted by Crippen LogP contribution is -1.95. The molecule has 0 radical (unpaired) electrons. The van der Waals surface area contributed by atoms with Crippen molar-refractivity contribution in [2.24, 2.45) is 0 Å². The van der Waals surface area contributed by atoms with Crippen LogP contribution < -0.4 is 0 Å². The van der Waals surface area contributed by atoms with Crippen molar-refractivity contribution in [3.05, 3.63) is 65.6 Å². The molecule has 0 aliphatic carbocycles. The molecule has 0 aliphatic rings. The quantitative estimate of drug-likeness (QED) is 0.726. The first-order valence-electron chi connectivity index (χ1n) is 6.03. The number of pyridine rings is 1. The van der Waals surface area contributed by atoms with Gasteiger partial charge >= 0.3 is 0 Å². The highest BCUT2D eigenvalue weighted by molar-refractivity contribution is 6.33. The molecule has 0 saturated carbocycles. The van der Waals surface area contributed by atoms with Crippen molar-refractivity contribution in [1.82, 2.24) is 14.5 Å². The van der Waals surface area contributed by atoms with Gasteiger partial charge in [-0.1, -0.05) is 11.6 Å². The molecule has 4 nitrogen and oxygen atoms in total. The molecule has 0 N–H and O–H groups in total. The Balaban J connectivity index is 2.06. The largest absolute Gasteiger partial charge is 0.305 e. The van der Waals surface area contributed by atoms with Crippen molar-refractivity contribution in [1.29, 1.82) is 5.26 Å². The van der Waals surface area contributed by atoms with E-state index in [0.29, 0.717) is 10.7 Å². The monoisotopic (exact) mass is 298 g/mol. The van der Waals surface area contributed by atoms with Gasteiger partial charge in [0.2, 0.25) is 0 Å². The van der Waals surface area contributed by atoms with Gasteiger partial charge in [-0.05, 0) is 24.3 Å². The van der Waals surface area contributed by atoms with Gasteiger partial charge in [0.25, 0.3) is 0 Å². The van der Waals surface area contributed by atoms with Gasteiger partial charge in [0.1, 0.15) is 5.82 Å². The number of aromatic nitrogens is 3. The molecule has 0 unspecified atom stereocenters. The lowest BCUT2D eigenvalue weighted by atomic mass is 10.1. The zero-order valence-corrected chi connectivity index (χ0v) is 11.4. The number of imidazole rings is 1. The van der Waals surface area contributed by atoms with E-state index in [4.69, 9.17) is 16.9 Å². The third kappa shape index (κ3) is 2.49. The van der Waals surface area contributed by atoms with Crippen molar-refractivity contribution in [3.8, 4) is 23.0 Å². The highest BCUT2D eigenvalue weighted by Crippen LogP contribution is 2.29. The topological polar surface area (TPSA) is 54.5 Å². The standard InChI is InChI=1S/C15H8ClFN4/c16-13-6-11(21-4-3-19-9-21)8-20-15(13)12-2-1-10(7-18)5-14(12)17/h1-6,8-9H. The highest BCUT2D eigenvalue weighted by Gasteiger charge is 2.12. The number of halogens is 2. The molecule has 2 aromatic heterocycles. The van der Waals surface area contributed by atoms with Gasteiger partial charge in [0.15, 0.2) is 0 Å². The van der Waals surface area contributed by atoms with Gasteiger partial charge in [0, 0.05) is 18.0 Å². The molecular weight excluding hydrogens is 291 g/mol. The molecule has 2 heterocycles. The Morgan fingerprint density at radius 2 is 2.14 bits per heavy atom. The first-order chi connectivity index (χ1) is 10.2. The van der Waals surface area contributed by atoms with Crippen LogP contribution in [0.3, 0.4) is 0 Å². The number of hydrogen-bond donors (Lipinski definition) is 0. The summed E-state index contributed by atoms with van der Waals surface area (Å²) in [4.78, 5) is 8.16. The molecule has 0 saturated heterocycles. The minimum Gasteiger partial charge on any atom is -0.305 e. The second kappa shape index (κ2) is 5.35. The molecule has 0 atom stereocenters. The van der Waals surface area contributed by atoms with Crippen LogP contribution in [0.1, 0.15) is 5.56 Å². The van der Waals surface area contributed by atoms with Crippen LogP contribution in [0, 0.1) is 17.1 Å². The summed E-state index contributed by atoms with van der Waals surface area (Å²) in [5, 5.41) is 9.08. The highest BCUT2D eigenvalue weighted by atomic mass is 35.5. The lowest BCUT2D eigenvalue weighted by molar-refractivity contribution is 0.630. The van der Waals surface area contributed by atoms with Gasteiger partial charge in [-0.25, -0.2) is 9.37 Å². The van der Waals surface area contributed by atoms with E-state index >= 15 is 0 Å². The predicted molar refractivity (Wildman–Crippen MR) is 76.5 cm³/mol. The van der Waals surface area contributed by atoms with E-state index in [9.17, 15) is 4.39 Å². The molecule has 0 amide bonds. The first kappa shape index (κ1) is 13.3. The van der Waals surface area contributed by atoms with E-state index in [1.54, 1.807) is 35.6 Å². The van der Waals surface area contributed by atoms with Crippen LogP contribution in [-0.2, 0) is 0 Å². The second-order valence-corrected chi connectivity index (χ2v) is 4.71. The minimum absolute atomic E-state index is 0.252. The molecule has 1 aromatic carbocycles. The average molecular weight is 299 g/mol. The van der Waals surface area contributed by atoms with Crippen LogP contribution in [0.4, 0.5) is 4.39 Å². The fourth-order valence-electron chi connectivity index (χ4n) is 1.96. The van der Waals surface area contributed by atoms with Crippen molar-refractivity contribution >= 4 is 11.6 Å². The summed E-state index contributed by atoms with van der Waals surface area (Å²) in [5.41, 5.74) is 1.58. The maximum Gasteiger partial charge on any atom is 0.133 e. The van der Waals surface area contributed by atoms with Crippen molar-refractivity contribution in [2.75, 3.05) is 0 Å². The third-order valence-electron chi connectivity index (χ3n) is 2.98. The maximum absolute atomic E-state index is 14.0. The summed E-state index contributed by atoms with van der Waals surface area (Å²) >= 11 is 6.20. The number of hydrogen-bond acceptors (Lipinski definition) is 3. The van der Waals surface area contributed by atoms with Gasteiger partial charge in [0.05, 0.1) is 40.6 Å². The smallest absolute Gasteiger partial charge is 0.133 e. The normalized spacial score (nSPS) is 10.3. The maximum atomic E-state index is 14.0. The Morgan fingerprint density at radius 1 is 1.29 bits per heavy atom. The fourth-order valence-corrected chi connectivity index (χ4v) is 2.22. The number of rotatable bonds is 2. The average Bonchev–Trinajstić information content (AvgIpc) is 3.02. The Bertz CT molecular complexity index is 837. The molecular formula is C15H8ClFN4.